The van der Waals surface area contributed by atoms with E-state index in [1.165, 1.54) is 22.3 Å². The maximum atomic E-state index is 4.48. The molecule has 1 aromatic carbocycles. The first-order chi connectivity index (χ1) is 8.61. The molecule has 0 fully saturated rings. The zero-order chi connectivity index (χ0) is 13.1. The van der Waals surface area contributed by atoms with Crippen LogP contribution in [0.25, 0.3) is 0 Å². The molecule has 2 nitrogen and oxygen atoms in total. The van der Waals surface area contributed by atoms with Crippen LogP contribution >= 0.6 is 0 Å². The fourth-order valence-corrected chi connectivity index (χ4v) is 2.15. The fourth-order valence-electron chi connectivity index (χ4n) is 2.15. The zero-order valence-electron chi connectivity index (χ0n) is 11.5. The van der Waals surface area contributed by atoms with Crippen LogP contribution in [0.3, 0.4) is 0 Å². The maximum absolute atomic E-state index is 4.48. The molecule has 0 radical (unpaired) electrons. The van der Waals surface area contributed by atoms with Crippen molar-refractivity contribution < 1.29 is 0 Å². The van der Waals surface area contributed by atoms with Gasteiger partial charge in [0, 0.05) is 6.20 Å². The predicted octanol–water partition coefficient (Wildman–Crippen LogP) is 3.32. The van der Waals surface area contributed by atoms with Crippen molar-refractivity contribution in [2.75, 3.05) is 7.05 Å². The lowest BCUT2D eigenvalue weighted by atomic mass is 9.98. The predicted molar refractivity (Wildman–Crippen MR) is 75.8 cm³/mol. The molecular formula is C16H20N2. The van der Waals surface area contributed by atoms with Crippen LogP contribution in [-0.4, -0.2) is 12.0 Å². The van der Waals surface area contributed by atoms with Gasteiger partial charge in [-0.2, -0.15) is 0 Å². The van der Waals surface area contributed by atoms with Crippen LogP contribution in [0.15, 0.2) is 36.5 Å². The molecule has 0 saturated heterocycles. The maximum Gasteiger partial charge on any atom is 0.0749 e. The second-order valence-electron chi connectivity index (χ2n) is 4.82. The van der Waals surface area contributed by atoms with Crippen LogP contribution < -0.4 is 5.32 Å². The number of aryl methyl sites for hydroxylation is 3. The SMILES string of the molecule is CNC(c1ccc(C)c(C)c1)c1cc(C)ccn1. The van der Waals surface area contributed by atoms with E-state index >= 15 is 0 Å². The topological polar surface area (TPSA) is 24.9 Å². The minimum atomic E-state index is 0.157. The van der Waals surface area contributed by atoms with E-state index in [4.69, 9.17) is 0 Å². The molecule has 2 heteroatoms. The Hall–Kier alpha value is -1.67. The summed E-state index contributed by atoms with van der Waals surface area (Å²) < 4.78 is 0. The minimum Gasteiger partial charge on any atom is -0.308 e. The quantitative estimate of drug-likeness (QED) is 0.890. The molecule has 1 heterocycles. The number of pyridine rings is 1. The number of benzene rings is 1. The molecule has 2 rings (SSSR count). The Labute approximate surface area is 109 Å². The molecule has 0 spiro atoms. The molecule has 0 aliphatic carbocycles. The van der Waals surface area contributed by atoms with Crippen molar-refractivity contribution in [3.63, 3.8) is 0 Å². The Morgan fingerprint density at radius 3 is 2.39 bits per heavy atom. The molecule has 94 valence electrons. The molecule has 1 unspecified atom stereocenters. The highest BCUT2D eigenvalue weighted by molar-refractivity contribution is 5.35. The summed E-state index contributed by atoms with van der Waals surface area (Å²) in [6.07, 6.45) is 1.87. The molecule has 1 atom stereocenters. The third kappa shape index (κ3) is 2.59. The summed E-state index contributed by atoms with van der Waals surface area (Å²) in [5.41, 5.74) is 6.22. The monoisotopic (exact) mass is 240 g/mol. The number of aromatic nitrogens is 1. The number of hydrogen-bond donors (Lipinski definition) is 1. The van der Waals surface area contributed by atoms with Crippen LogP contribution in [0.1, 0.15) is 34.0 Å². The normalized spacial score (nSPS) is 12.4. The average Bonchev–Trinajstić information content (AvgIpc) is 2.35. The van der Waals surface area contributed by atoms with Crippen molar-refractivity contribution in [3.05, 3.63) is 64.5 Å². The van der Waals surface area contributed by atoms with Crippen LogP contribution in [-0.2, 0) is 0 Å². The van der Waals surface area contributed by atoms with Gasteiger partial charge in [-0.3, -0.25) is 4.98 Å². The van der Waals surface area contributed by atoms with Crippen LogP contribution in [0.2, 0.25) is 0 Å². The summed E-state index contributed by atoms with van der Waals surface area (Å²) in [4.78, 5) is 4.48. The van der Waals surface area contributed by atoms with Gasteiger partial charge in [0.15, 0.2) is 0 Å². The molecule has 2 aromatic rings. The van der Waals surface area contributed by atoms with E-state index in [0.717, 1.165) is 5.69 Å². The van der Waals surface area contributed by atoms with Gasteiger partial charge in [-0.1, -0.05) is 18.2 Å². The largest absolute Gasteiger partial charge is 0.308 e. The standard InChI is InChI=1S/C16H20N2/c1-11-7-8-18-15(9-11)16(17-4)14-6-5-12(2)13(3)10-14/h5-10,16-17H,1-4H3. The summed E-state index contributed by atoms with van der Waals surface area (Å²) in [6, 6.07) is 10.9. The van der Waals surface area contributed by atoms with Gasteiger partial charge in [0.2, 0.25) is 0 Å². The van der Waals surface area contributed by atoms with Crippen LogP contribution in [0, 0.1) is 20.8 Å². The average molecular weight is 240 g/mol. The summed E-state index contributed by atoms with van der Waals surface area (Å²) in [5.74, 6) is 0. The highest BCUT2D eigenvalue weighted by Crippen LogP contribution is 2.22. The van der Waals surface area contributed by atoms with Crippen LogP contribution in [0.5, 0.6) is 0 Å². The van der Waals surface area contributed by atoms with E-state index in [1.54, 1.807) is 0 Å². The molecule has 0 aliphatic rings. The van der Waals surface area contributed by atoms with Gasteiger partial charge in [0.1, 0.15) is 0 Å². The minimum absolute atomic E-state index is 0.157. The van der Waals surface area contributed by atoms with Gasteiger partial charge in [-0.05, 0) is 62.2 Å². The van der Waals surface area contributed by atoms with E-state index in [-0.39, 0.29) is 6.04 Å². The van der Waals surface area contributed by atoms with E-state index < -0.39 is 0 Å². The fraction of sp³-hybridized carbons (Fsp3) is 0.312. The molecular weight excluding hydrogens is 220 g/mol. The van der Waals surface area contributed by atoms with Gasteiger partial charge >= 0.3 is 0 Å². The lowest BCUT2D eigenvalue weighted by molar-refractivity contribution is 0.669. The Bertz CT molecular complexity index is 547. The lowest BCUT2D eigenvalue weighted by Gasteiger charge is -2.17. The third-order valence-electron chi connectivity index (χ3n) is 3.39. The molecule has 0 saturated carbocycles. The molecule has 0 aliphatic heterocycles. The van der Waals surface area contributed by atoms with E-state index in [1.807, 2.05) is 19.3 Å². The van der Waals surface area contributed by atoms with E-state index in [9.17, 15) is 0 Å². The highest BCUT2D eigenvalue weighted by Gasteiger charge is 2.13. The van der Waals surface area contributed by atoms with Crippen molar-refractivity contribution in [1.82, 2.24) is 10.3 Å². The first-order valence-corrected chi connectivity index (χ1v) is 6.29. The van der Waals surface area contributed by atoms with Crippen molar-refractivity contribution >= 4 is 0 Å². The van der Waals surface area contributed by atoms with Crippen molar-refractivity contribution in [2.45, 2.75) is 26.8 Å². The molecule has 1 N–H and O–H groups in total. The van der Waals surface area contributed by atoms with Crippen LogP contribution in [0.4, 0.5) is 0 Å². The van der Waals surface area contributed by atoms with E-state index in [2.05, 4.69) is 55.3 Å². The number of rotatable bonds is 3. The second kappa shape index (κ2) is 5.32. The molecule has 0 amide bonds. The van der Waals surface area contributed by atoms with E-state index in [0.29, 0.717) is 0 Å². The first-order valence-electron chi connectivity index (χ1n) is 6.29. The number of nitrogens with one attached hydrogen (secondary N) is 1. The van der Waals surface area contributed by atoms with Gasteiger partial charge in [-0.15, -0.1) is 0 Å². The number of nitrogens with zero attached hydrogens (tertiary/aromatic N) is 1. The van der Waals surface area contributed by atoms with Crippen molar-refractivity contribution in [3.8, 4) is 0 Å². The van der Waals surface area contributed by atoms with Gasteiger partial charge in [0.25, 0.3) is 0 Å². The lowest BCUT2D eigenvalue weighted by Crippen LogP contribution is -2.19. The first kappa shape index (κ1) is 12.8. The van der Waals surface area contributed by atoms with Crippen molar-refractivity contribution in [1.29, 1.82) is 0 Å². The Balaban J connectivity index is 2.42. The molecule has 0 bridgehead atoms. The Morgan fingerprint density at radius 2 is 1.78 bits per heavy atom. The highest BCUT2D eigenvalue weighted by atomic mass is 14.9. The number of hydrogen-bond acceptors (Lipinski definition) is 2. The Kier molecular flexibility index (Phi) is 3.78. The molecule has 1 aromatic heterocycles. The van der Waals surface area contributed by atoms with Gasteiger partial charge < -0.3 is 5.32 Å². The smallest absolute Gasteiger partial charge is 0.0749 e. The summed E-state index contributed by atoms with van der Waals surface area (Å²) in [7, 11) is 1.98. The van der Waals surface area contributed by atoms with Gasteiger partial charge in [-0.25, -0.2) is 0 Å². The zero-order valence-corrected chi connectivity index (χ0v) is 11.5. The molecule has 18 heavy (non-hydrogen) atoms. The Morgan fingerprint density at radius 1 is 1.00 bits per heavy atom. The summed E-state index contributed by atoms with van der Waals surface area (Å²) in [6.45, 7) is 6.38. The summed E-state index contributed by atoms with van der Waals surface area (Å²) in [5, 5.41) is 3.35. The van der Waals surface area contributed by atoms with Gasteiger partial charge in [0.05, 0.1) is 11.7 Å². The second-order valence-corrected chi connectivity index (χ2v) is 4.82. The summed E-state index contributed by atoms with van der Waals surface area (Å²) >= 11 is 0. The van der Waals surface area contributed by atoms with Crippen molar-refractivity contribution in [2.24, 2.45) is 0 Å². The third-order valence-corrected chi connectivity index (χ3v) is 3.39.